The number of hydrogen-bond donors (Lipinski definition) is 2. The maximum atomic E-state index is 13.8. The first-order valence-electron chi connectivity index (χ1n) is 7.63. The highest BCUT2D eigenvalue weighted by Crippen LogP contribution is 2.13. The van der Waals surface area contributed by atoms with E-state index in [1.807, 2.05) is 0 Å². The molecule has 1 saturated heterocycles. The zero-order valence-corrected chi connectivity index (χ0v) is 12.5. The molecule has 3 rings (SSSR count). The Morgan fingerprint density at radius 2 is 2.30 bits per heavy atom. The predicted molar refractivity (Wildman–Crippen MR) is 82.6 cm³/mol. The molecule has 2 N–H and O–H groups in total. The third-order valence-corrected chi connectivity index (χ3v) is 4.14. The predicted octanol–water partition coefficient (Wildman–Crippen LogP) is 0.608. The smallest absolute Gasteiger partial charge is 0.264 e. The molecule has 0 spiro atoms. The maximum Gasteiger partial charge on any atom is 0.264 e. The van der Waals surface area contributed by atoms with Gasteiger partial charge in [-0.15, -0.1) is 0 Å². The van der Waals surface area contributed by atoms with Gasteiger partial charge in [-0.05, 0) is 31.5 Å². The third kappa shape index (κ3) is 3.30. The van der Waals surface area contributed by atoms with Crippen molar-refractivity contribution in [1.29, 1.82) is 0 Å². The zero-order valence-electron chi connectivity index (χ0n) is 12.5. The number of piperidine rings is 1. The van der Waals surface area contributed by atoms with E-state index < -0.39 is 17.5 Å². The van der Waals surface area contributed by atoms with Gasteiger partial charge in [0.25, 0.3) is 5.56 Å². The Morgan fingerprint density at radius 1 is 1.48 bits per heavy atom. The van der Waals surface area contributed by atoms with E-state index >= 15 is 0 Å². The van der Waals surface area contributed by atoms with Gasteiger partial charge in [0.1, 0.15) is 11.2 Å². The lowest BCUT2D eigenvalue weighted by atomic mass is 9.97. The molecule has 6 nitrogen and oxygen atoms in total. The number of ketones is 1. The van der Waals surface area contributed by atoms with E-state index in [1.165, 1.54) is 18.5 Å². The quantitative estimate of drug-likeness (QED) is 0.862. The molecule has 122 valence electrons. The summed E-state index contributed by atoms with van der Waals surface area (Å²) < 4.78 is 14.9. The molecule has 0 saturated carbocycles. The second kappa shape index (κ2) is 6.55. The van der Waals surface area contributed by atoms with E-state index in [4.69, 9.17) is 0 Å². The number of hydrogen-bond acceptors (Lipinski definition) is 5. The summed E-state index contributed by atoms with van der Waals surface area (Å²) in [5.41, 5.74) is -0.304. The first-order chi connectivity index (χ1) is 11.1. The van der Waals surface area contributed by atoms with E-state index in [0.717, 1.165) is 17.5 Å². The Bertz CT molecular complexity index is 790. The van der Waals surface area contributed by atoms with Crippen molar-refractivity contribution in [3.63, 3.8) is 0 Å². The number of rotatable bonds is 4. The molecule has 1 fully saturated rings. The molecule has 0 aliphatic carbocycles. The molecule has 1 aliphatic heterocycles. The number of carbonyl (C=O) groups excluding carboxylic acids is 1. The van der Waals surface area contributed by atoms with E-state index in [9.17, 15) is 19.1 Å². The molecule has 2 atom stereocenters. The van der Waals surface area contributed by atoms with Crippen molar-refractivity contribution < 1.29 is 14.3 Å². The van der Waals surface area contributed by atoms with Crippen LogP contribution in [0.25, 0.3) is 10.9 Å². The van der Waals surface area contributed by atoms with Crippen LogP contribution in [0.15, 0.2) is 29.3 Å². The summed E-state index contributed by atoms with van der Waals surface area (Å²) in [6.45, 7) is 0.582. The molecule has 23 heavy (non-hydrogen) atoms. The minimum absolute atomic E-state index is 0.112. The molecule has 2 heterocycles. The fraction of sp³-hybridized carbons (Fsp3) is 0.438. The van der Waals surface area contributed by atoms with Crippen LogP contribution in [0, 0.1) is 5.82 Å². The van der Waals surface area contributed by atoms with Crippen LogP contribution in [0.3, 0.4) is 0 Å². The third-order valence-electron chi connectivity index (χ3n) is 4.14. The van der Waals surface area contributed by atoms with E-state index in [0.29, 0.717) is 6.42 Å². The highest BCUT2D eigenvalue weighted by molar-refractivity contribution is 5.80. The summed E-state index contributed by atoms with van der Waals surface area (Å²) in [7, 11) is 0. The van der Waals surface area contributed by atoms with Crippen molar-refractivity contribution in [2.75, 3.05) is 6.54 Å². The van der Waals surface area contributed by atoms with Gasteiger partial charge in [-0.1, -0.05) is 6.07 Å². The number of fused-ring (bicyclic) bond motifs is 1. The number of Topliss-reactive ketones (excluding diaryl/α,β-unsaturated/α-hetero) is 1. The monoisotopic (exact) mass is 319 g/mol. The summed E-state index contributed by atoms with van der Waals surface area (Å²) >= 11 is 0. The molecule has 0 radical (unpaired) electrons. The van der Waals surface area contributed by atoms with Crippen molar-refractivity contribution in [2.45, 2.75) is 38.0 Å². The van der Waals surface area contributed by atoms with Crippen LogP contribution in [0.2, 0.25) is 0 Å². The standard InChI is InChI=1S/C16H18FN3O3/c17-11-3-1-4-12-15(11)16(23)20(9-19-12)8-10(21)7-13-14(22)5-2-6-18-13/h1,3-4,9,13-14,18,22H,2,5-8H2/t13-,14+/m1/s1. The second-order valence-electron chi connectivity index (χ2n) is 5.82. The van der Waals surface area contributed by atoms with Gasteiger partial charge in [-0.2, -0.15) is 0 Å². The Morgan fingerprint density at radius 3 is 3.09 bits per heavy atom. The molecular weight excluding hydrogens is 301 g/mol. The second-order valence-corrected chi connectivity index (χ2v) is 5.82. The number of aliphatic hydroxyl groups excluding tert-OH is 1. The van der Waals surface area contributed by atoms with Gasteiger partial charge in [-0.25, -0.2) is 9.37 Å². The minimum atomic E-state index is -0.647. The number of nitrogens with one attached hydrogen (secondary N) is 1. The largest absolute Gasteiger partial charge is 0.391 e. The van der Waals surface area contributed by atoms with Gasteiger partial charge >= 0.3 is 0 Å². The van der Waals surface area contributed by atoms with Gasteiger partial charge in [0, 0.05) is 12.5 Å². The van der Waals surface area contributed by atoms with Gasteiger partial charge in [0.05, 0.1) is 24.5 Å². The van der Waals surface area contributed by atoms with Crippen molar-refractivity contribution in [2.24, 2.45) is 0 Å². The van der Waals surface area contributed by atoms with Crippen LogP contribution in [-0.4, -0.2) is 39.1 Å². The molecule has 0 bridgehead atoms. The zero-order chi connectivity index (χ0) is 16.4. The number of carbonyl (C=O) groups is 1. The Kier molecular flexibility index (Phi) is 4.49. The van der Waals surface area contributed by atoms with E-state index in [1.54, 1.807) is 6.07 Å². The van der Waals surface area contributed by atoms with Crippen LogP contribution >= 0.6 is 0 Å². The lowest BCUT2D eigenvalue weighted by molar-refractivity contribution is -0.121. The molecule has 2 aromatic rings. The average molecular weight is 319 g/mol. The molecule has 1 aromatic heterocycles. The Hall–Kier alpha value is -2.12. The van der Waals surface area contributed by atoms with Crippen molar-refractivity contribution >= 4 is 16.7 Å². The van der Waals surface area contributed by atoms with E-state index in [2.05, 4.69) is 10.3 Å². The lowest BCUT2D eigenvalue weighted by Gasteiger charge is -2.28. The van der Waals surface area contributed by atoms with Crippen molar-refractivity contribution in [3.05, 3.63) is 40.7 Å². The SMILES string of the molecule is O=C(C[C@H]1NCCC[C@@H]1O)Cn1cnc2cccc(F)c2c1=O. The summed E-state index contributed by atoms with van der Waals surface area (Å²) in [4.78, 5) is 28.5. The summed E-state index contributed by atoms with van der Waals surface area (Å²) in [6.07, 6.45) is 2.36. The first-order valence-corrected chi connectivity index (χ1v) is 7.63. The summed E-state index contributed by atoms with van der Waals surface area (Å²) in [6, 6.07) is 3.93. The molecule has 0 unspecified atom stereocenters. The fourth-order valence-electron chi connectivity index (χ4n) is 2.92. The van der Waals surface area contributed by atoms with Crippen LogP contribution in [0.4, 0.5) is 4.39 Å². The fourth-order valence-corrected chi connectivity index (χ4v) is 2.92. The number of aromatic nitrogens is 2. The first kappa shape index (κ1) is 15.8. The lowest BCUT2D eigenvalue weighted by Crippen LogP contribution is -2.46. The van der Waals surface area contributed by atoms with Crippen LogP contribution in [0.1, 0.15) is 19.3 Å². The van der Waals surface area contributed by atoms with Gasteiger partial charge in [0.2, 0.25) is 0 Å². The van der Waals surface area contributed by atoms with Gasteiger partial charge in [0.15, 0.2) is 5.78 Å². The molecule has 1 aliphatic rings. The number of aliphatic hydroxyl groups is 1. The number of benzene rings is 1. The number of nitrogens with zero attached hydrogens (tertiary/aromatic N) is 2. The Labute approximate surface area is 132 Å². The molecule has 1 aromatic carbocycles. The van der Waals surface area contributed by atoms with Gasteiger partial charge in [-0.3, -0.25) is 14.2 Å². The average Bonchev–Trinajstić information content (AvgIpc) is 2.52. The Balaban J connectivity index is 1.79. The highest BCUT2D eigenvalue weighted by atomic mass is 19.1. The normalized spacial score (nSPS) is 21.5. The van der Waals surface area contributed by atoms with Gasteiger partial charge < -0.3 is 10.4 Å². The minimum Gasteiger partial charge on any atom is -0.391 e. The van der Waals surface area contributed by atoms with Crippen LogP contribution in [0.5, 0.6) is 0 Å². The maximum absolute atomic E-state index is 13.8. The number of halogens is 1. The summed E-state index contributed by atoms with van der Waals surface area (Å²) in [5, 5.41) is 12.9. The van der Waals surface area contributed by atoms with Crippen molar-refractivity contribution in [3.8, 4) is 0 Å². The van der Waals surface area contributed by atoms with E-state index in [-0.39, 0.29) is 35.7 Å². The van der Waals surface area contributed by atoms with Crippen LogP contribution in [-0.2, 0) is 11.3 Å². The molecule has 7 heteroatoms. The molecular formula is C16H18FN3O3. The topological polar surface area (TPSA) is 84.2 Å². The highest BCUT2D eigenvalue weighted by Gasteiger charge is 2.25. The van der Waals surface area contributed by atoms with Crippen molar-refractivity contribution in [1.82, 2.24) is 14.9 Å². The molecule has 0 amide bonds. The van der Waals surface area contributed by atoms with Crippen LogP contribution < -0.4 is 10.9 Å². The summed E-state index contributed by atoms with van der Waals surface area (Å²) in [5.74, 6) is -0.853.